The summed E-state index contributed by atoms with van der Waals surface area (Å²) in [6.45, 7) is 0. The van der Waals surface area contributed by atoms with E-state index in [4.69, 9.17) is 9.84 Å². The molecule has 1 aliphatic carbocycles. The summed E-state index contributed by atoms with van der Waals surface area (Å²) in [6, 6.07) is -0.131. The zero-order valence-electron chi connectivity index (χ0n) is 12.6. The summed E-state index contributed by atoms with van der Waals surface area (Å²) in [5.41, 5.74) is -1.77. The van der Waals surface area contributed by atoms with Gasteiger partial charge in [-0.05, 0) is 6.07 Å². The van der Waals surface area contributed by atoms with Gasteiger partial charge in [0, 0.05) is 12.6 Å². The number of carboxylic acids is 1. The third-order valence-corrected chi connectivity index (χ3v) is 3.64. The van der Waals surface area contributed by atoms with Gasteiger partial charge in [-0.3, -0.25) is 13.4 Å². The molecule has 0 saturated heterocycles. The molecule has 5 nitrogen and oxygen atoms in total. The van der Waals surface area contributed by atoms with Crippen molar-refractivity contribution in [1.82, 2.24) is 4.57 Å². The Hall–Kier alpha value is -2.59. The van der Waals surface area contributed by atoms with Crippen LogP contribution in [0.2, 0.25) is 0 Å². The van der Waals surface area contributed by atoms with Crippen molar-refractivity contribution in [2.45, 2.75) is 18.6 Å². The summed E-state index contributed by atoms with van der Waals surface area (Å²) in [5, 5.41) is 8.70. The standard InChI is InChI=1S/C14H10F3NO4.BF2/c1-22-13-10(17)8(16)2-5-11(13)18(9-3-7(9)15)4-6(12(5)19)14(20)21;2-1-3/h2,4,7,9H,3H2,1H3,(H,20,21);/t7-,9+;/m0./s1. The molecule has 0 spiro atoms. The maximum atomic E-state index is 13.9. The number of pyridine rings is 1. The highest BCUT2D eigenvalue weighted by Crippen LogP contribution is 2.42. The average molecular weight is 362 g/mol. The molecular formula is C14H10BF5NO4. The number of fused-ring (bicyclic) bond motifs is 1. The number of carbonyl (C=O) groups is 1. The van der Waals surface area contributed by atoms with Gasteiger partial charge in [0.2, 0.25) is 11.2 Å². The van der Waals surface area contributed by atoms with Crippen molar-refractivity contribution in [2.24, 2.45) is 0 Å². The van der Waals surface area contributed by atoms with Crippen molar-refractivity contribution >= 4 is 24.7 Å². The second-order valence-electron chi connectivity index (χ2n) is 5.09. The van der Waals surface area contributed by atoms with Gasteiger partial charge in [-0.2, -0.15) is 4.39 Å². The van der Waals surface area contributed by atoms with Crippen LogP contribution in [0.3, 0.4) is 0 Å². The predicted molar refractivity (Wildman–Crippen MR) is 78.2 cm³/mol. The first-order valence-electron chi connectivity index (χ1n) is 6.78. The molecule has 1 fully saturated rings. The molecule has 0 amide bonds. The number of carboxylic acid groups (broad SMARTS) is 1. The molecule has 1 radical (unpaired) electrons. The van der Waals surface area contributed by atoms with Crippen molar-refractivity contribution in [1.29, 1.82) is 0 Å². The average Bonchev–Trinajstić information content (AvgIpc) is 3.27. The first kappa shape index (κ1) is 18.7. The Morgan fingerprint density at radius 2 is 1.96 bits per heavy atom. The van der Waals surface area contributed by atoms with Gasteiger partial charge in [0.05, 0.1) is 24.1 Å². The van der Waals surface area contributed by atoms with Crippen LogP contribution in [0.1, 0.15) is 22.8 Å². The molecule has 0 aliphatic heterocycles. The first-order valence-corrected chi connectivity index (χ1v) is 6.78. The molecule has 1 aromatic heterocycles. The number of methoxy groups -OCH3 is 1. The van der Waals surface area contributed by atoms with E-state index >= 15 is 0 Å². The molecule has 1 heterocycles. The third kappa shape index (κ3) is 3.31. The van der Waals surface area contributed by atoms with Gasteiger partial charge in [-0.1, -0.05) is 0 Å². The molecule has 3 rings (SSSR count). The lowest BCUT2D eigenvalue weighted by Crippen LogP contribution is -2.20. The molecule has 2 atom stereocenters. The van der Waals surface area contributed by atoms with Crippen molar-refractivity contribution < 1.29 is 36.4 Å². The fraction of sp³-hybridized carbons (Fsp3) is 0.286. The van der Waals surface area contributed by atoms with Crippen molar-refractivity contribution in [3.05, 3.63) is 39.7 Å². The van der Waals surface area contributed by atoms with Crippen molar-refractivity contribution in [2.75, 3.05) is 7.11 Å². The Morgan fingerprint density at radius 3 is 2.40 bits per heavy atom. The lowest BCUT2D eigenvalue weighted by atomic mass is 10.1. The predicted octanol–water partition coefficient (Wildman–Crippen LogP) is 2.73. The molecule has 1 N–H and O–H groups in total. The Balaban J connectivity index is 0.000000701. The number of halogens is 5. The maximum absolute atomic E-state index is 13.9. The van der Waals surface area contributed by atoms with E-state index in [-0.39, 0.29) is 17.3 Å². The molecule has 1 aromatic carbocycles. The highest BCUT2D eigenvalue weighted by Gasteiger charge is 2.41. The number of rotatable bonds is 3. The van der Waals surface area contributed by atoms with Crippen LogP contribution in [-0.2, 0) is 0 Å². The number of ether oxygens (including phenoxy) is 1. The van der Waals surface area contributed by atoms with Crippen LogP contribution in [0.4, 0.5) is 21.8 Å². The summed E-state index contributed by atoms with van der Waals surface area (Å²) in [4.78, 5) is 23.3. The molecule has 11 heteroatoms. The molecule has 1 saturated carbocycles. The van der Waals surface area contributed by atoms with E-state index in [2.05, 4.69) is 0 Å². The smallest absolute Gasteiger partial charge is 0.491 e. The van der Waals surface area contributed by atoms with Gasteiger partial charge >= 0.3 is 13.8 Å². The van der Waals surface area contributed by atoms with E-state index in [1.54, 1.807) is 0 Å². The van der Waals surface area contributed by atoms with Crippen LogP contribution >= 0.6 is 0 Å². The minimum absolute atomic E-state index is 0.0964. The summed E-state index contributed by atoms with van der Waals surface area (Å²) < 4.78 is 65.8. The van der Waals surface area contributed by atoms with Gasteiger partial charge in [-0.25, -0.2) is 13.6 Å². The van der Waals surface area contributed by atoms with E-state index in [9.17, 15) is 31.4 Å². The van der Waals surface area contributed by atoms with Crippen molar-refractivity contribution in [3.63, 3.8) is 0 Å². The molecule has 133 valence electrons. The number of aromatic nitrogens is 1. The van der Waals surface area contributed by atoms with Gasteiger partial charge < -0.3 is 14.4 Å². The summed E-state index contributed by atoms with van der Waals surface area (Å²) in [6.07, 6.45) is -0.207. The Labute approximate surface area is 138 Å². The fourth-order valence-corrected chi connectivity index (χ4v) is 2.47. The highest BCUT2D eigenvalue weighted by molar-refractivity contribution is 6.15. The van der Waals surface area contributed by atoms with Gasteiger partial charge in [0.15, 0.2) is 11.6 Å². The van der Waals surface area contributed by atoms with Gasteiger partial charge in [0.1, 0.15) is 11.7 Å². The SMILES string of the molecule is COc1c(F)c(F)cc2c(=O)c(C(=O)O)cn([C@@H]3C[C@@H]3F)c12.F[B]F. The zero-order chi connectivity index (χ0) is 18.9. The van der Waals surface area contributed by atoms with Crippen LogP contribution < -0.4 is 10.2 Å². The number of aromatic carboxylic acids is 1. The van der Waals surface area contributed by atoms with Crippen LogP contribution in [0, 0.1) is 11.6 Å². The monoisotopic (exact) mass is 362 g/mol. The number of nitrogens with zero attached hydrogens (tertiary/aromatic N) is 1. The number of hydrogen-bond acceptors (Lipinski definition) is 3. The summed E-state index contributed by atoms with van der Waals surface area (Å²) in [7, 11) is 0.0804. The molecular weight excluding hydrogens is 352 g/mol. The molecule has 2 aromatic rings. The molecule has 0 bridgehead atoms. The van der Waals surface area contributed by atoms with Crippen LogP contribution in [0.25, 0.3) is 10.9 Å². The van der Waals surface area contributed by atoms with E-state index in [0.29, 0.717) is 6.07 Å². The third-order valence-electron chi connectivity index (χ3n) is 3.64. The normalized spacial score (nSPS) is 18.3. The second kappa shape index (κ2) is 7.12. The minimum Gasteiger partial charge on any atom is -0.491 e. The Morgan fingerprint density at radius 1 is 1.40 bits per heavy atom. The van der Waals surface area contributed by atoms with Gasteiger partial charge in [0.25, 0.3) is 0 Å². The molecule has 25 heavy (non-hydrogen) atoms. The second-order valence-corrected chi connectivity index (χ2v) is 5.09. The molecule has 1 aliphatic rings. The van der Waals surface area contributed by atoms with Crippen molar-refractivity contribution in [3.8, 4) is 5.75 Å². The lowest BCUT2D eigenvalue weighted by molar-refractivity contribution is 0.0694. The molecule has 0 unspecified atom stereocenters. The lowest BCUT2D eigenvalue weighted by Gasteiger charge is -2.15. The van der Waals surface area contributed by atoms with Crippen LogP contribution in [0.15, 0.2) is 17.1 Å². The van der Waals surface area contributed by atoms with E-state index < -0.39 is 54.4 Å². The van der Waals surface area contributed by atoms with Gasteiger partial charge in [-0.15, -0.1) is 0 Å². The number of benzene rings is 1. The zero-order valence-corrected chi connectivity index (χ0v) is 12.6. The van der Waals surface area contributed by atoms with Crippen LogP contribution in [0.5, 0.6) is 5.75 Å². The van der Waals surface area contributed by atoms with E-state index in [1.165, 1.54) is 0 Å². The summed E-state index contributed by atoms with van der Waals surface area (Å²) in [5.74, 6) is -4.74. The summed E-state index contributed by atoms with van der Waals surface area (Å²) >= 11 is 0. The Kier molecular flexibility index (Phi) is 5.34. The first-order chi connectivity index (χ1) is 11.8. The maximum Gasteiger partial charge on any atom is 0.577 e. The fourth-order valence-electron chi connectivity index (χ4n) is 2.47. The topological polar surface area (TPSA) is 68.5 Å². The Bertz CT molecular complexity index is 888. The largest absolute Gasteiger partial charge is 0.577 e. The van der Waals surface area contributed by atoms with E-state index in [1.807, 2.05) is 0 Å². The van der Waals surface area contributed by atoms with E-state index in [0.717, 1.165) is 17.9 Å². The van der Waals surface area contributed by atoms with Crippen LogP contribution in [-0.4, -0.2) is 36.8 Å². The highest BCUT2D eigenvalue weighted by atomic mass is 19.2. The minimum atomic E-state index is -1.53. The quantitative estimate of drug-likeness (QED) is 0.674. The number of alkyl halides is 1. The number of hydrogen-bond donors (Lipinski definition) is 1.